The normalized spacial score (nSPS) is 11.2. The first-order valence-electron chi connectivity index (χ1n) is 10.0. The van der Waals surface area contributed by atoms with E-state index in [1.807, 2.05) is 6.07 Å². The lowest BCUT2D eigenvalue weighted by molar-refractivity contribution is -0.385. The zero-order chi connectivity index (χ0) is 23.8. The van der Waals surface area contributed by atoms with Crippen LogP contribution in [0.5, 0.6) is 0 Å². The van der Waals surface area contributed by atoms with Crippen LogP contribution in [-0.2, 0) is 21.4 Å². The van der Waals surface area contributed by atoms with Crippen molar-refractivity contribution in [3.63, 3.8) is 0 Å². The van der Waals surface area contributed by atoms with Crippen LogP contribution in [0.1, 0.15) is 28.1 Å². The van der Waals surface area contributed by atoms with Crippen LogP contribution in [0.25, 0.3) is 0 Å². The smallest absolute Gasteiger partial charge is 0.273 e. The lowest BCUT2D eigenvalue weighted by Gasteiger charge is -2.10. The second kappa shape index (κ2) is 10.7. The molecule has 0 fully saturated rings. The molecule has 2 N–H and O–H groups in total. The molecule has 1 amide bonds. The summed E-state index contributed by atoms with van der Waals surface area (Å²) in [5.74, 6) is 0.431. The van der Waals surface area contributed by atoms with E-state index >= 15 is 0 Å². The Morgan fingerprint density at radius 2 is 1.91 bits per heavy atom. The molecule has 0 saturated carbocycles. The summed E-state index contributed by atoms with van der Waals surface area (Å²) in [5.41, 5.74) is 0.663. The maximum atomic E-state index is 12.6. The highest BCUT2D eigenvalue weighted by atomic mass is 32.2. The van der Waals surface area contributed by atoms with Gasteiger partial charge in [0.05, 0.1) is 16.1 Å². The van der Waals surface area contributed by atoms with Crippen molar-refractivity contribution in [3.8, 4) is 0 Å². The van der Waals surface area contributed by atoms with Crippen molar-refractivity contribution in [1.82, 2.24) is 5.32 Å². The summed E-state index contributed by atoms with van der Waals surface area (Å²) in [7, 11) is -4.03. The molecule has 0 unspecified atom stereocenters. The number of rotatable bonds is 11. The van der Waals surface area contributed by atoms with E-state index in [1.54, 1.807) is 12.3 Å². The van der Waals surface area contributed by atoms with Gasteiger partial charge in [0.1, 0.15) is 12.4 Å². The summed E-state index contributed by atoms with van der Waals surface area (Å²) in [4.78, 5) is 22.5. The number of nitrogens with one attached hydrogen (secondary N) is 2. The van der Waals surface area contributed by atoms with Crippen LogP contribution in [0.3, 0.4) is 0 Å². The molecule has 0 spiro atoms. The van der Waals surface area contributed by atoms with Crippen molar-refractivity contribution >= 4 is 27.3 Å². The number of carbonyl (C=O) groups is 1. The number of sulfonamides is 1. The SMILES string of the molecule is Cc1ccc(S(=O)(=O)Nc2ccc(C(=O)NCCCOCc3ccco3)cc2)cc1[N+](=O)[O-]. The third kappa shape index (κ3) is 6.64. The fourth-order valence-electron chi connectivity index (χ4n) is 2.90. The number of anilines is 1. The van der Waals surface area contributed by atoms with Crippen LogP contribution in [0.4, 0.5) is 11.4 Å². The van der Waals surface area contributed by atoms with Gasteiger partial charge in [-0.2, -0.15) is 0 Å². The minimum absolute atomic E-state index is 0.223. The molecule has 0 aliphatic rings. The van der Waals surface area contributed by atoms with E-state index in [4.69, 9.17) is 9.15 Å². The molecule has 2 aromatic carbocycles. The average molecular weight is 474 g/mol. The summed E-state index contributed by atoms with van der Waals surface area (Å²) in [6.07, 6.45) is 2.19. The number of furan rings is 1. The molecule has 0 aliphatic heterocycles. The zero-order valence-electron chi connectivity index (χ0n) is 17.8. The molecule has 3 rings (SSSR count). The highest BCUT2D eigenvalue weighted by Crippen LogP contribution is 2.24. The number of amides is 1. The first-order valence-corrected chi connectivity index (χ1v) is 11.5. The van der Waals surface area contributed by atoms with Gasteiger partial charge in [-0.3, -0.25) is 19.6 Å². The van der Waals surface area contributed by atoms with Crippen molar-refractivity contribution in [3.05, 3.63) is 87.9 Å². The van der Waals surface area contributed by atoms with Crippen molar-refractivity contribution in [1.29, 1.82) is 0 Å². The van der Waals surface area contributed by atoms with Gasteiger partial charge >= 0.3 is 0 Å². The fourth-order valence-corrected chi connectivity index (χ4v) is 3.98. The predicted octanol–water partition coefficient (Wildman–Crippen LogP) is 3.63. The van der Waals surface area contributed by atoms with Crippen LogP contribution in [0.2, 0.25) is 0 Å². The van der Waals surface area contributed by atoms with Crippen molar-refractivity contribution in [2.75, 3.05) is 17.9 Å². The Hall–Kier alpha value is -3.70. The fraction of sp³-hybridized carbons (Fsp3) is 0.227. The number of benzene rings is 2. The van der Waals surface area contributed by atoms with Crippen LogP contribution in [0.15, 0.2) is 70.2 Å². The van der Waals surface area contributed by atoms with Gasteiger partial charge in [-0.25, -0.2) is 8.42 Å². The van der Waals surface area contributed by atoms with Crippen molar-refractivity contribution in [2.45, 2.75) is 24.8 Å². The summed E-state index contributed by atoms with van der Waals surface area (Å²) in [5, 5.41) is 13.8. The Morgan fingerprint density at radius 1 is 1.15 bits per heavy atom. The predicted molar refractivity (Wildman–Crippen MR) is 120 cm³/mol. The number of aryl methyl sites for hydroxylation is 1. The third-order valence-corrected chi connectivity index (χ3v) is 6.04. The second-order valence-corrected chi connectivity index (χ2v) is 8.81. The van der Waals surface area contributed by atoms with Gasteiger partial charge in [-0.1, -0.05) is 6.07 Å². The highest BCUT2D eigenvalue weighted by Gasteiger charge is 2.20. The van der Waals surface area contributed by atoms with E-state index in [9.17, 15) is 23.3 Å². The van der Waals surface area contributed by atoms with Gasteiger partial charge in [0, 0.05) is 36.0 Å². The van der Waals surface area contributed by atoms with Gasteiger partial charge in [0.15, 0.2) is 0 Å². The van der Waals surface area contributed by atoms with E-state index in [1.165, 1.54) is 43.3 Å². The van der Waals surface area contributed by atoms with Crippen LogP contribution < -0.4 is 10.0 Å². The summed E-state index contributed by atoms with van der Waals surface area (Å²) < 4.78 is 38.1. The molecule has 3 aromatic rings. The lowest BCUT2D eigenvalue weighted by Crippen LogP contribution is -2.25. The molecule has 10 nitrogen and oxygen atoms in total. The molecular formula is C22H23N3O7S. The van der Waals surface area contributed by atoms with Crippen molar-refractivity contribution in [2.24, 2.45) is 0 Å². The number of nitrogens with zero attached hydrogens (tertiary/aromatic N) is 1. The number of ether oxygens (including phenoxy) is 1. The van der Waals surface area contributed by atoms with Crippen LogP contribution in [0, 0.1) is 17.0 Å². The van der Waals surface area contributed by atoms with Crippen LogP contribution in [-0.4, -0.2) is 32.4 Å². The molecular weight excluding hydrogens is 450 g/mol. The Labute approximate surface area is 190 Å². The summed E-state index contributed by atoms with van der Waals surface area (Å²) in [6, 6.07) is 13.1. The second-order valence-electron chi connectivity index (χ2n) is 7.13. The van der Waals surface area contributed by atoms with E-state index in [2.05, 4.69) is 10.0 Å². The molecule has 1 aromatic heterocycles. The molecule has 0 atom stereocenters. The number of nitro benzene ring substituents is 1. The standard InChI is InChI=1S/C22H23N3O7S/c1-16-5-10-20(14-21(16)25(27)28)33(29,30)24-18-8-6-17(7-9-18)22(26)23-11-3-12-31-15-19-4-2-13-32-19/h2,4-10,13-14,24H,3,11-12,15H2,1H3,(H,23,26). The molecule has 0 radical (unpaired) electrons. The zero-order valence-corrected chi connectivity index (χ0v) is 18.6. The number of carbonyl (C=O) groups excluding carboxylic acids is 1. The topological polar surface area (TPSA) is 141 Å². The maximum Gasteiger partial charge on any atom is 0.273 e. The van der Waals surface area contributed by atoms with E-state index in [0.29, 0.717) is 37.3 Å². The average Bonchev–Trinajstić information content (AvgIpc) is 3.29. The minimum Gasteiger partial charge on any atom is -0.467 e. The number of nitro groups is 1. The number of hydrogen-bond acceptors (Lipinski definition) is 7. The molecule has 0 aliphatic carbocycles. The third-order valence-electron chi connectivity index (χ3n) is 4.66. The molecule has 174 valence electrons. The maximum absolute atomic E-state index is 12.6. The Bertz CT molecular complexity index is 1210. The largest absolute Gasteiger partial charge is 0.467 e. The van der Waals surface area contributed by atoms with Crippen molar-refractivity contribution < 1.29 is 27.3 Å². The minimum atomic E-state index is -4.03. The Kier molecular flexibility index (Phi) is 7.80. The molecule has 11 heteroatoms. The molecule has 0 bridgehead atoms. The van der Waals surface area contributed by atoms with E-state index in [-0.39, 0.29) is 22.2 Å². The summed E-state index contributed by atoms with van der Waals surface area (Å²) >= 11 is 0. The number of hydrogen-bond donors (Lipinski definition) is 2. The Balaban J connectivity index is 1.50. The molecule has 33 heavy (non-hydrogen) atoms. The van der Waals surface area contributed by atoms with Gasteiger partial charge in [0.2, 0.25) is 0 Å². The first kappa shape index (κ1) is 24.0. The molecule has 1 heterocycles. The van der Waals surface area contributed by atoms with Gasteiger partial charge in [-0.05, 0) is 55.8 Å². The highest BCUT2D eigenvalue weighted by molar-refractivity contribution is 7.92. The van der Waals surface area contributed by atoms with Gasteiger partial charge in [0.25, 0.3) is 21.6 Å². The van der Waals surface area contributed by atoms with Crippen LogP contribution >= 0.6 is 0 Å². The quantitative estimate of drug-likeness (QED) is 0.246. The summed E-state index contributed by atoms with van der Waals surface area (Å²) in [6.45, 7) is 2.77. The van der Waals surface area contributed by atoms with Gasteiger partial charge in [-0.15, -0.1) is 0 Å². The first-order chi connectivity index (χ1) is 15.8. The van der Waals surface area contributed by atoms with Gasteiger partial charge < -0.3 is 14.5 Å². The van der Waals surface area contributed by atoms with E-state index in [0.717, 1.165) is 11.8 Å². The molecule has 0 saturated heterocycles. The van der Waals surface area contributed by atoms with E-state index < -0.39 is 14.9 Å². The lowest BCUT2D eigenvalue weighted by atomic mass is 10.2. The Morgan fingerprint density at radius 3 is 2.58 bits per heavy atom. The monoisotopic (exact) mass is 473 g/mol.